The molecule has 0 amide bonds. The maximum atomic E-state index is 14.6. The quantitative estimate of drug-likeness (QED) is 0.522. The SMILES string of the molecule is COCCc1ncc(CN2Cc3ncnc(NCc4c(Cl)ccc(OC)c4F)c3C2)cn1. The van der Waals surface area contributed by atoms with Gasteiger partial charge in [0.05, 0.1) is 19.4 Å². The zero-order chi connectivity index (χ0) is 22.5. The van der Waals surface area contributed by atoms with Crippen LogP contribution in [-0.4, -0.2) is 45.7 Å². The van der Waals surface area contributed by atoms with Crippen molar-refractivity contribution >= 4 is 17.4 Å². The van der Waals surface area contributed by atoms with E-state index >= 15 is 0 Å². The second kappa shape index (κ2) is 10.2. The summed E-state index contributed by atoms with van der Waals surface area (Å²) in [6.45, 7) is 2.82. The minimum absolute atomic E-state index is 0.153. The van der Waals surface area contributed by atoms with Crippen LogP contribution in [0.25, 0.3) is 0 Å². The molecule has 168 valence electrons. The molecule has 0 fully saturated rings. The minimum atomic E-state index is -0.478. The van der Waals surface area contributed by atoms with Crippen molar-refractivity contribution in [2.75, 3.05) is 26.1 Å². The minimum Gasteiger partial charge on any atom is -0.494 e. The Morgan fingerprint density at radius 2 is 1.94 bits per heavy atom. The molecule has 0 atom stereocenters. The number of methoxy groups -OCH3 is 2. The van der Waals surface area contributed by atoms with E-state index in [4.69, 9.17) is 21.1 Å². The highest BCUT2D eigenvalue weighted by Crippen LogP contribution is 2.30. The van der Waals surface area contributed by atoms with Crippen LogP contribution in [0.15, 0.2) is 30.9 Å². The van der Waals surface area contributed by atoms with E-state index in [1.54, 1.807) is 13.2 Å². The summed E-state index contributed by atoms with van der Waals surface area (Å²) >= 11 is 6.20. The monoisotopic (exact) mass is 458 g/mol. The van der Waals surface area contributed by atoms with Gasteiger partial charge in [0.25, 0.3) is 0 Å². The number of rotatable bonds is 9. The number of nitrogens with one attached hydrogen (secondary N) is 1. The highest BCUT2D eigenvalue weighted by atomic mass is 35.5. The summed E-state index contributed by atoms with van der Waals surface area (Å²) in [6.07, 6.45) is 5.90. The molecule has 0 bridgehead atoms. The fourth-order valence-electron chi connectivity index (χ4n) is 3.62. The van der Waals surface area contributed by atoms with E-state index in [0.717, 1.165) is 22.6 Å². The summed E-state index contributed by atoms with van der Waals surface area (Å²) in [5.41, 5.74) is 3.28. The van der Waals surface area contributed by atoms with Gasteiger partial charge in [-0.25, -0.2) is 24.3 Å². The van der Waals surface area contributed by atoms with Gasteiger partial charge in [-0.15, -0.1) is 0 Å². The van der Waals surface area contributed by atoms with Crippen molar-refractivity contribution < 1.29 is 13.9 Å². The molecule has 8 nitrogen and oxygen atoms in total. The van der Waals surface area contributed by atoms with Crippen LogP contribution in [0.4, 0.5) is 10.2 Å². The van der Waals surface area contributed by atoms with Crippen LogP contribution in [-0.2, 0) is 37.3 Å². The number of halogens is 2. The Balaban J connectivity index is 1.42. The van der Waals surface area contributed by atoms with Gasteiger partial charge in [0.15, 0.2) is 11.6 Å². The second-order valence-electron chi connectivity index (χ2n) is 7.44. The third kappa shape index (κ3) is 4.95. The molecule has 32 heavy (non-hydrogen) atoms. The van der Waals surface area contributed by atoms with Gasteiger partial charge in [0.1, 0.15) is 18.0 Å². The fraction of sp³-hybridized carbons (Fsp3) is 0.364. The van der Waals surface area contributed by atoms with Crippen molar-refractivity contribution in [3.8, 4) is 5.75 Å². The Morgan fingerprint density at radius 3 is 2.69 bits per heavy atom. The van der Waals surface area contributed by atoms with Crippen molar-refractivity contribution in [3.05, 3.63) is 69.9 Å². The van der Waals surface area contributed by atoms with Gasteiger partial charge in [-0.1, -0.05) is 11.6 Å². The summed E-state index contributed by atoms with van der Waals surface area (Å²) < 4.78 is 24.7. The average Bonchev–Trinajstić information content (AvgIpc) is 3.22. The molecule has 2 aromatic heterocycles. The summed E-state index contributed by atoms with van der Waals surface area (Å²) in [4.78, 5) is 19.8. The van der Waals surface area contributed by atoms with E-state index in [-0.39, 0.29) is 12.3 Å². The van der Waals surface area contributed by atoms with E-state index in [1.807, 2.05) is 12.4 Å². The average molecular weight is 459 g/mol. The molecular weight excluding hydrogens is 435 g/mol. The van der Waals surface area contributed by atoms with E-state index in [1.165, 1.54) is 19.5 Å². The summed E-state index contributed by atoms with van der Waals surface area (Å²) in [5.74, 6) is 1.11. The van der Waals surface area contributed by atoms with Crippen LogP contribution in [0.1, 0.15) is 28.2 Å². The Hall–Kier alpha value is -2.88. The van der Waals surface area contributed by atoms with E-state index in [2.05, 4.69) is 30.2 Å². The first-order valence-electron chi connectivity index (χ1n) is 10.2. The molecule has 0 unspecified atom stereocenters. The molecular formula is C22H24ClFN6O2. The molecule has 0 saturated heterocycles. The van der Waals surface area contributed by atoms with Crippen LogP contribution in [0.2, 0.25) is 5.02 Å². The number of fused-ring (bicyclic) bond motifs is 1. The molecule has 1 aliphatic heterocycles. The first-order chi connectivity index (χ1) is 15.6. The molecule has 4 rings (SSSR count). The number of aromatic nitrogens is 4. The van der Waals surface area contributed by atoms with Gasteiger partial charge < -0.3 is 14.8 Å². The number of ether oxygens (including phenoxy) is 2. The van der Waals surface area contributed by atoms with Crippen LogP contribution in [0, 0.1) is 5.82 Å². The summed E-state index contributed by atoms with van der Waals surface area (Å²) in [7, 11) is 3.08. The van der Waals surface area contributed by atoms with Crippen molar-refractivity contribution in [1.82, 2.24) is 24.8 Å². The third-order valence-corrected chi connectivity index (χ3v) is 5.64. The molecule has 10 heteroatoms. The molecule has 1 N–H and O–H groups in total. The lowest BCUT2D eigenvalue weighted by molar-refractivity contribution is 0.200. The number of hydrogen-bond donors (Lipinski definition) is 1. The Bertz CT molecular complexity index is 1080. The summed E-state index contributed by atoms with van der Waals surface area (Å²) in [5, 5.41) is 3.54. The Morgan fingerprint density at radius 1 is 1.12 bits per heavy atom. The Labute approximate surface area is 190 Å². The maximum absolute atomic E-state index is 14.6. The zero-order valence-corrected chi connectivity index (χ0v) is 18.7. The topological polar surface area (TPSA) is 85.3 Å². The van der Waals surface area contributed by atoms with E-state index < -0.39 is 5.82 Å². The molecule has 0 aliphatic carbocycles. The lowest BCUT2D eigenvalue weighted by atomic mass is 10.2. The molecule has 0 spiro atoms. The van der Waals surface area contributed by atoms with Crippen molar-refractivity contribution in [1.29, 1.82) is 0 Å². The molecule has 3 heterocycles. The highest BCUT2D eigenvalue weighted by Gasteiger charge is 2.24. The van der Waals surface area contributed by atoms with Gasteiger partial charge in [0.2, 0.25) is 0 Å². The number of anilines is 1. The van der Waals surface area contributed by atoms with Crippen LogP contribution in [0.3, 0.4) is 0 Å². The predicted molar refractivity (Wildman–Crippen MR) is 118 cm³/mol. The summed E-state index contributed by atoms with van der Waals surface area (Å²) in [6, 6.07) is 3.13. The Kier molecular flexibility index (Phi) is 7.09. The second-order valence-corrected chi connectivity index (χ2v) is 7.85. The first kappa shape index (κ1) is 22.3. The normalized spacial score (nSPS) is 13.2. The smallest absolute Gasteiger partial charge is 0.171 e. The van der Waals surface area contributed by atoms with Crippen LogP contribution in [0.5, 0.6) is 5.75 Å². The fourth-order valence-corrected chi connectivity index (χ4v) is 3.83. The lowest BCUT2D eigenvalue weighted by Gasteiger charge is -2.15. The maximum Gasteiger partial charge on any atom is 0.171 e. The first-order valence-corrected chi connectivity index (χ1v) is 10.6. The van der Waals surface area contributed by atoms with Crippen molar-refractivity contribution in [2.45, 2.75) is 32.6 Å². The van der Waals surface area contributed by atoms with E-state index in [0.29, 0.717) is 49.1 Å². The third-order valence-electron chi connectivity index (χ3n) is 5.29. The molecule has 1 aliphatic rings. The molecule has 1 aromatic carbocycles. The van der Waals surface area contributed by atoms with Gasteiger partial charge >= 0.3 is 0 Å². The van der Waals surface area contributed by atoms with Crippen LogP contribution < -0.4 is 10.1 Å². The molecule has 0 saturated carbocycles. The van der Waals surface area contributed by atoms with Crippen molar-refractivity contribution in [2.24, 2.45) is 0 Å². The zero-order valence-electron chi connectivity index (χ0n) is 17.9. The van der Waals surface area contributed by atoms with Gasteiger partial charge in [0, 0.05) is 73.8 Å². The standard InChI is InChI=1S/C22H24ClFN6O2/c1-31-6-5-20-25-7-14(8-26-20)10-30-11-16-18(12-30)28-13-29-22(16)27-9-15-17(23)3-4-19(32-2)21(15)24/h3-4,7-8,13H,5-6,9-12H2,1-2H3,(H,27,28,29). The van der Waals surface area contributed by atoms with Gasteiger partial charge in [-0.3, -0.25) is 4.90 Å². The van der Waals surface area contributed by atoms with Gasteiger partial charge in [-0.05, 0) is 12.1 Å². The lowest BCUT2D eigenvalue weighted by Crippen LogP contribution is -2.16. The molecule has 0 radical (unpaired) electrons. The number of benzene rings is 1. The largest absolute Gasteiger partial charge is 0.494 e. The van der Waals surface area contributed by atoms with Crippen LogP contribution >= 0.6 is 11.6 Å². The van der Waals surface area contributed by atoms with E-state index in [9.17, 15) is 4.39 Å². The van der Waals surface area contributed by atoms with Crippen molar-refractivity contribution in [3.63, 3.8) is 0 Å². The number of hydrogen-bond acceptors (Lipinski definition) is 8. The highest BCUT2D eigenvalue weighted by molar-refractivity contribution is 6.31. The van der Waals surface area contributed by atoms with Gasteiger partial charge in [-0.2, -0.15) is 0 Å². The number of nitrogens with zero attached hydrogens (tertiary/aromatic N) is 5. The molecule has 3 aromatic rings. The predicted octanol–water partition coefficient (Wildman–Crippen LogP) is 3.38.